The molecule has 1 saturated heterocycles. The molecule has 0 saturated carbocycles. The van der Waals surface area contributed by atoms with E-state index in [1.807, 2.05) is 54.6 Å². The van der Waals surface area contributed by atoms with Crippen molar-refractivity contribution in [3.05, 3.63) is 53.3 Å². The van der Waals surface area contributed by atoms with E-state index >= 15 is 0 Å². The van der Waals surface area contributed by atoms with Crippen LogP contribution in [0.4, 0.5) is 0 Å². The monoisotopic (exact) mass is 326 g/mol. The highest BCUT2D eigenvalue weighted by Crippen LogP contribution is 2.27. The Morgan fingerprint density at radius 2 is 2.00 bits per heavy atom. The summed E-state index contributed by atoms with van der Waals surface area (Å²) in [4.78, 5) is 14.6. The lowest BCUT2D eigenvalue weighted by Crippen LogP contribution is -2.33. The summed E-state index contributed by atoms with van der Waals surface area (Å²) in [5.74, 6) is 0.378. The van der Waals surface area contributed by atoms with Crippen molar-refractivity contribution in [2.45, 2.75) is 45.2 Å². The zero-order chi connectivity index (χ0) is 17.3. The molecule has 128 valence electrons. The van der Waals surface area contributed by atoms with Gasteiger partial charge in [0.1, 0.15) is 0 Å². The Labute approximate surface area is 143 Å². The molecule has 1 aliphatic rings. The molecule has 0 spiro atoms. The van der Waals surface area contributed by atoms with Gasteiger partial charge in [-0.3, -0.25) is 9.48 Å². The maximum absolute atomic E-state index is 12.7. The normalized spacial score (nSPS) is 21.9. The number of benzene rings is 1. The highest BCUT2D eigenvalue weighted by molar-refractivity contribution is 5.77. The minimum atomic E-state index is 0.000315. The van der Waals surface area contributed by atoms with Crippen LogP contribution in [0.5, 0.6) is 0 Å². The van der Waals surface area contributed by atoms with Crippen LogP contribution >= 0.6 is 0 Å². The predicted octanol–water partition coefficient (Wildman–Crippen LogP) is 2.40. The summed E-state index contributed by atoms with van der Waals surface area (Å²) in [6.07, 6.45) is 0.455. The average molecular weight is 326 g/mol. The molecule has 24 heavy (non-hydrogen) atoms. The van der Waals surface area contributed by atoms with E-state index in [2.05, 4.69) is 17.2 Å². The lowest BCUT2D eigenvalue weighted by Gasteiger charge is -2.20. The van der Waals surface area contributed by atoms with Gasteiger partial charge in [0.15, 0.2) is 0 Å². The lowest BCUT2D eigenvalue weighted by molar-refractivity contribution is -0.131. The molecule has 1 aromatic heterocycles. The topological polar surface area (TPSA) is 64.2 Å². The van der Waals surface area contributed by atoms with E-state index in [1.165, 1.54) is 5.56 Å². The van der Waals surface area contributed by atoms with Crippen molar-refractivity contribution >= 4 is 5.91 Å². The van der Waals surface area contributed by atoms with Crippen molar-refractivity contribution in [1.29, 1.82) is 0 Å². The molecule has 1 aliphatic heterocycles. The van der Waals surface area contributed by atoms with Gasteiger partial charge in [0.05, 0.1) is 11.7 Å². The Hall–Kier alpha value is -2.14. The van der Waals surface area contributed by atoms with Gasteiger partial charge in [0.2, 0.25) is 5.91 Å². The van der Waals surface area contributed by atoms with Crippen molar-refractivity contribution in [3.8, 4) is 0 Å². The van der Waals surface area contributed by atoms with Crippen LogP contribution in [0.3, 0.4) is 0 Å². The molecule has 5 nitrogen and oxygen atoms in total. The zero-order valence-corrected chi connectivity index (χ0v) is 14.6. The largest absolute Gasteiger partial charge is 0.340 e. The van der Waals surface area contributed by atoms with Crippen LogP contribution in [0.25, 0.3) is 0 Å². The number of nitrogens with zero attached hydrogens (tertiary/aromatic N) is 3. The fourth-order valence-corrected chi connectivity index (χ4v) is 3.65. The molecular formula is C19H26N4O. The summed E-state index contributed by atoms with van der Waals surface area (Å²) in [5.41, 5.74) is 9.59. The lowest BCUT2D eigenvalue weighted by atomic mass is 9.95. The quantitative estimate of drug-likeness (QED) is 0.938. The minimum Gasteiger partial charge on any atom is -0.340 e. The van der Waals surface area contributed by atoms with E-state index in [1.54, 1.807) is 0 Å². The molecule has 2 N–H and O–H groups in total. The molecule has 1 fully saturated rings. The number of aromatic nitrogens is 2. The molecule has 3 atom stereocenters. The number of amides is 1. The number of carbonyl (C=O) groups is 1. The van der Waals surface area contributed by atoms with Gasteiger partial charge in [-0.15, -0.1) is 0 Å². The van der Waals surface area contributed by atoms with Crippen LogP contribution in [-0.4, -0.2) is 39.7 Å². The molecule has 0 bridgehead atoms. The van der Waals surface area contributed by atoms with E-state index in [4.69, 9.17) is 5.73 Å². The average Bonchev–Trinajstić information content (AvgIpc) is 3.10. The van der Waals surface area contributed by atoms with Gasteiger partial charge < -0.3 is 10.6 Å². The molecular weight excluding hydrogens is 300 g/mol. The number of hydrogen-bond acceptors (Lipinski definition) is 3. The molecule has 0 radical (unpaired) electrons. The van der Waals surface area contributed by atoms with E-state index in [9.17, 15) is 4.79 Å². The van der Waals surface area contributed by atoms with Gasteiger partial charge in [-0.1, -0.05) is 30.3 Å². The number of rotatable bonds is 4. The molecule has 1 unspecified atom stereocenters. The van der Waals surface area contributed by atoms with Crippen LogP contribution < -0.4 is 5.73 Å². The summed E-state index contributed by atoms with van der Waals surface area (Å²) in [6.45, 7) is 7.37. The SMILES string of the molecule is Cc1cc(C)n(C(C)CC(=O)N2C[C@@H](N)[C@H](c3ccccc3)C2)n1. The Morgan fingerprint density at radius 3 is 2.62 bits per heavy atom. The van der Waals surface area contributed by atoms with E-state index in [0.29, 0.717) is 19.5 Å². The standard InChI is InChI=1S/C19H26N4O/c1-13-9-14(2)23(21-13)15(3)10-19(24)22-11-17(18(20)12-22)16-7-5-4-6-8-16/h4-9,15,17-18H,10-12,20H2,1-3H3/t15?,17-,18+/m0/s1. The smallest absolute Gasteiger partial charge is 0.224 e. The second-order valence-electron chi connectivity index (χ2n) is 6.90. The number of nitrogens with two attached hydrogens (primary N) is 1. The first kappa shape index (κ1) is 16.7. The first-order valence-corrected chi connectivity index (χ1v) is 8.56. The first-order valence-electron chi connectivity index (χ1n) is 8.56. The van der Waals surface area contributed by atoms with E-state index in [0.717, 1.165) is 11.4 Å². The second kappa shape index (κ2) is 6.77. The zero-order valence-electron chi connectivity index (χ0n) is 14.6. The number of likely N-dealkylation sites (tertiary alicyclic amines) is 1. The number of carbonyl (C=O) groups excluding carboxylic acids is 1. The van der Waals surface area contributed by atoms with Crippen LogP contribution in [0, 0.1) is 13.8 Å². The molecule has 1 amide bonds. The Balaban J connectivity index is 1.65. The first-order chi connectivity index (χ1) is 11.5. The second-order valence-corrected chi connectivity index (χ2v) is 6.90. The highest BCUT2D eigenvalue weighted by Gasteiger charge is 2.34. The maximum Gasteiger partial charge on any atom is 0.224 e. The minimum absolute atomic E-state index is 0.000315. The summed E-state index contributed by atoms with van der Waals surface area (Å²) in [6, 6.07) is 12.3. The van der Waals surface area contributed by atoms with Gasteiger partial charge >= 0.3 is 0 Å². The predicted molar refractivity (Wildman–Crippen MR) is 94.8 cm³/mol. The maximum atomic E-state index is 12.7. The van der Waals surface area contributed by atoms with Gasteiger partial charge in [0.25, 0.3) is 0 Å². The van der Waals surface area contributed by atoms with E-state index < -0.39 is 0 Å². The van der Waals surface area contributed by atoms with Crippen molar-refractivity contribution in [2.75, 3.05) is 13.1 Å². The summed E-state index contributed by atoms with van der Waals surface area (Å²) in [5, 5.41) is 4.49. The summed E-state index contributed by atoms with van der Waals surface area (Å²) in [7, 11) is 0. The van der Waals surface area contributed by atoms with Gasteiger partial charge in [-0.2, -0.15) is 5.10 Å². The van der Waals surface area contributed by atoms with Crippen molar-refractivity contribution in [3.63, 3.8) is 0 Å². The summed E-state index contributed by atoms with van der Waals surface area (Å²) >= 11 is 0. The Morgan fingerprint density at radius 1 is 1.29 bits per heavy atom. The molecule has 2 heterocycles. The van der Waals surface area contributed by atoms with Crippen LogP contribution in [0.1, 0.15) is 42.3 Å². The molecule has 0 aliphatic carbocycles. The van der Waals surface area contributed by atoms with Crippen molar-refractivity contribution in [1.82, 2.24) is 14.7 Å². The van der Waals surface area contributed by atoms with Gasteiger partial charge in [-0.05, 0) is 32.4 Å². The molecule has 1 aromatic carbocycles. The van der Waals surface area contributed by atoms with Crippen LogP contribution in [0.15, 0.2) is 36.4 Å². The van der Waals surface area contributed by atoms with Crippen molar-refractivity contribution < 1.29 is 4.79 Å². The highest BCUT2D eigenvalue weighted by atomic mass is 16.2. The Kier molecular flexibility index (Phi) is 4.71. The third-order valence-electron chi connectivity index (χ3n) is 4.88. The summed E-state index contributed by atoms with van der Waals surface area (Å²) < 4.78 is 1.94. The van der Waals surface area contributed by atoms with Crippen LogP contribution in [0.2, 0.25) is 0 Å². The number of hydrogen-bond donors (Lipinski definition) is 1. The molecule has 5 heteroatoms. The third kappa shape index (κ3) is 3.36. The third-order valence-corrected chi connectivity index (χ3v) is 4.88. The Bertz CT molecular complexity index is 709. The van der Waals surface area contributed by atoms with Gasteiger partial charge in [-0.25, -0.2) is 0 Å². The van der Waals surface area contributed by atoms with E-state index in [-0.39, 0.29) is 23.9 Å². The fraction of sp³-hybridized carbons (Fsp3) is 0.474. The molecule has 3 rings (SSSR count). The van der Waals surface area contributed by atoms with Crippen LogP contribution in [-0.2, 0) is 4.79 Å². The van der Waals surface area contributed by atoms with Gasteiger partial charge in [0, 0.05) is 37.2 Å². The molecule has 2 aromatic rings. The fourth-order valence-electron chi connectivity index (χ4n) is 3.65. The number of aryl methyl sites for hydroxylation is 2. The van der Waals surface area contributed by atoms with Crippen molar-refractivity contribution in [2.24, 2.45) is 5.73 Å².